The molecule has 0 saturated carbocycles. The summed E-state index contributed by atoms with van der Waals surface area (Å²) in [6.45, 7) is 2.56. The molecule has 1 atom stereocenters. The molecule has 1 aromatic carbocycles. The molecule has 0 aliphatic carbocycles. The van der Waals surface area contributed by atoms with E-state index in [9.17, 15) is 4.79 Å². The van der Waals surface area contributed by atoms with Gasteiger partial charge in [-0.15, -0.1) is 0 Å². The molecule has 0 bridgehead atoms. The van der Waals surface area contributed by atoms with Crippen LogP contribution in [0.1, 0.15) is 17.5 Å². The van der Waals surface area contributed by atoms with Crippen LogP contribution in [0, 0.1) is 18.3 Å². The van der Waals surface area contributed by atoms with Crippen molar-refractivity contribution >= 4 is 11.6 Å². The molecular weight excluding hydrogens is 214 g/mol. The number of benzene rings is 1. The average molecular weight is 229 g/mol. The van der Waals surface area contributed by atoms with E-state index in [4.69, 9.17) is 5.26 Å². The van der Waals surface area contributed by atoms with Gasteiger partial charge in [0.15, 0.2) is 0 Å². The van der Waals surface area contributed by atoms with Gasteiger partial charge in [0, 0.05) is 6.54 Å². The van der Waals surface area contributed by atoms with Gasteiger partial charge in [-0.05, 0) is 32.0 Å². The van der Waals surface area contributed by atoms with E-state index in [1.165, 1.54) is 0 Å². The van der Waals surface area contributed by atoms with E-state index in [0.717, 1.165) is 17.7 Å². The highest BCUT2D eigenvalue weighted by molar-refractivity contribution is 6.00. The first kappa shape index (κ1) is 11.6. The second-order valence-corrected chi connectivity index (χ2v) is 4.20. The lowest BCUT2D eigenvalue weighted by atomic mass is 10.1. The normalized spacial score (nSPS) is 19.5. The summed E-state index contributed by atoms with van der Waals surface area (Å²) in [4.78, 5) is 13.8. The standard InChI is InChI=1S/C13H15N3O/c1-9-4-3-5-12(10(9)8-14)16-7-6-11(15-2)13(16)17/h3-5,11,15H,6-7H2,1-2H3. The fourth-order valence-electron chi connectivity index (χ4n) is 2.21. The van der Waals surface area contributed by atoms with Gasteiger partial charge in [0.25, 0.3) is 0 Å². The molecule has 88 valence electrons. The van der Waals surface area contributed by atoms with Crippen LogP contribution in [0.2, 0.25) is 0 Å². The molecular formula is C13H15N3O. The zero-order chi connectivity index (χ0) is 12.4. The molecule has 1 fully saturated rings. The maximum absolute atomic E-state index is 12.1. The molecule has 2 rings (SSSR count). The molecule has 0 radical (unpaired) electrons. The van der Waals surface area contributed by atoms with Crippen LogP contribution in [0.15, 0.2) is 18.2 Å². The Morgan fingerprint density at radius 3 is 2.88 bits per heavy atom. The van der Waals surface area contributed by atoms with E-state index in [1.807, 2.05) is 25.1 Å². The molecule has 0 aromatic heterocycles. The van der Waals surface area contributed by atoms with Gasteiger partial charge < -0.3 is 10.2 Å². The first-order valence-electron chi connectivity index (χ1n) is 5.67. The highest BCUT2D eigenvalue weighted by Gasteiger charge is 2.32. The Labute approximate surface area is 101 Å². The van der Waals surface area contributed by atoms with Crippen molar-refractivity contribution in [1.29, 1.82) is 5.26 Å². The molecule has 1 amide bonds. The summed E-state index contributed by atoms with van der Waals surface area (Å²) in [6.07, 6.45) is 0.786. The van der Waals surface area contributed by atoms with Gasteiger partial charge in [-0.25, -0.2) is 0 Å². The SMILES string of the molecule is CNC1CCN(c2cccc(C)c2C#N)C1=O. The monoisotopic (exact) mass is 229 g/mol. The summed E-state index contributed by atoms with van der Waals surface area (Å²) in [5.74, 6) is 0.0506. The van der Waals surface area contributed by atoms with Gasteiger partial charge in [-0.3, -0.25) is 4.79 Å². The van der Waals surface area contributed by atoms with Crippen molar-refractivity contribution in [1.82, 2.24) is 5.32 Å². The maximum atomic E-state index is 12.1. The van der Waals surface area contributed by atoms with E-state index in [-0.39, 0.29) is 11.9 Å². The zero-order valence-electron chi connectivity index (χ0n) is 10.0. The summed E-state index contributed by atoms with van der Waals surface area (Å²) in [5.41, 5.74) is 2.23. The molecule has 4 nitrogen and oxygen atoms in total. The Kier molecular flexibility index (Phi) is 3.12. The number of aryl methyl sites for hydroxylation is 1. The average Bonchev–Trinajstić information content (AvgIpc) is 2.70. The Balaban J connectivity index is 2.40. The van der Waals surface area contributed by atoms with Gasteiger partial charge in [0.1, 0.15) is 6.07 Å². The van der Waals surface area contributed by atoms with Crippen molar-refractivity contribution in [2.45, 2.75) is 19.4 Å². The third-order valence-electron chi connectivity index (χ3n) is 3.21. The quantitative estimate of drug-likeness (QED) is 0.828. The smallest absolute Gasteiger partial charge is 0.244 e. The highest BCUT2D eigenvalue weighted by atomic mass is 16.2. The molecule has 17 heavy (non-hydrogen) atoms. The third kappa shape index (κ3) is 1.90. The van der Waals surface area contributed by atoms with Gasteiger partial charge in [0.2, 0.25) is 5.91 Å². The van der Waals surface area contributed by atoms with E-state index >= 15 is 0 Å². The predicted molar refractivity (Wildman–Crippen MR) is 65.7 cm³/mol. The molecule has 0 spiro atoms. The maximum Gasteiger partial charge on any atom is 0.244 e. The summed E-state index contributed by atoms with van der Waals surface area (Å²) in [6, 6.07) is 7.66. The van der Waals surface area contributed by atoms with Crippen LogP contribution in [0.5, 0.6) is 0 Å². The molecule has 1 aliphatic rings. The lowest BCUT2D eigenvalue weighted by Gasteiger charge is -2.18. The van der Waals surface area contributed by atoms with Gasteiger partial charge in [0.05, 0.1) is 17.3 Å². The number of nitrogens with one attached hydrogen (secondary N) is 1. The molecule has 1 aliphatic heterocycles. The summed E-state index contributed by atoms with van der Waals surface area (Å²) >= 11 is 0. The number of hydrogen-bond donors (Lipinski definition) is 1. The molecule has 4 heteroatoms. The minimum Gasteiger partial charge on any atom is -0.310 e. The van der Waals surface area contributed by atoms with Crippen LogP contribution in [0.25, 0.3) is 0 Å². The number of anilines is 1. The number of nitriles is 1. The Hall–Kier alpha value is -1.86. The number of amides is 1. The predicted octanol–water partition coefficient (Wildman–Crippen LogP) is 1.19. The van der Waals surface area contributed by atoms with Crippen LogP contribution in [-0.4, -0.2) is 25.5 Å². The number of nitrogens with zero attached hydrogens (tertiary/aromatic N) is 2. The van der Waals surface area contributed by atoms with Crippen molar-refractivity contribution in [2.24, 2.45) is 0 Å². The lowest BCUT2D eigenvalue weighted by molar-refractivity contribution is -0.118. The minimum atomic E-state index is -0.123. The first-order valence-corrected chi connectivity index (χ1v) is 5.67. The largest absolute Gasteiger partial charge is 0.310 e. The van der Waals surface area contributed by atoms with Gasteiger partial charge in [-0.2, -0.15) is 5.26 Å². The van der Waals surface area contributed by atoms with Crippen molar-refractivity contribution < 1.29 is 4.79 Å². The van der Waals surface area contributed by atoms with E-state index in [0.29, 0.717) is 12.1 Å². The topological polar surface area (TPSA) is 56.1 Å². The molecule has 1 unspecified atom stereocenters. The van der Waals surface area contributed by atoms with Crippen molar-refractivity contribution in [3.05, 3.63) is 29.3 Å². The van der Waals surface area contributed by atoms with Crippen LogP contribution in [0.3, 0.4) is 0 Å². The van der Waals surface area contributed by atoms with Crippen LogP contribution >= 0.6 is 0 Å². The summed E-state index contributed by atoms with van der Waals surface area (Å²) in [7, 11) is 1.79. The van der Waals surface area contributed by atoms with Crippen molar-refractivity contribution in [2.75, 3.05) is 18.5 Å². The van der Waals surface area contributed by atoms with Crippen LogP contribution < -0.4 is 10.2 Å². The van der Waals surface area contributed by atoms with Gasteiger partial charge >= 0.3 is 0 Å². The number of carbonyl (C=O) groups excluding carboxylic acids is 1. The van der Waals surface area contributed by atoms with Crippen molar-refractivity contribution in [3.8, 4) is 6.07 Å². The zero-order valence-corrected chi connectivity index (χ0v) is 10.0. The fraction of sp³-hybridized carbons (Fsp3) is 0.385. The van der Waals surface area contributed by atoms with E-state index in [1.54, 1.807) is 11.9 Å². The third-order valence-corrected chi connectivity index (χ3v) is 3.21. The van der Waals surface area contributed by atoms with Crippen LogP contribution in [-0.2, 0) is 4.79 Å². The molecule has 1 heterocycles. The Morgan fingerprint density at radius 1 is 1.53 bits per heavy atom. The number of carbonyl (C=O) groups is 1. The number of likely N-dealkylation sites (N-methyl/N-ethyl adjacent to an activating group) is 1. The molecule has 1 aromatic rings. The highest BCUT2D eigenvalue weighted by Crippen LogP contribution is 2.27. The fourth-order valence-corrected chi connectivity index (χ4v) is 2.21. The molecule has 1 saturated heterocycles. The van der Waals surface area contributed by atoms with Gasteiger partial charge in [-0.1, -0.05) is 12.1 Å². The Bertz CT molecular complexity index is 490. The second-order valence-electron chi connectivity index (χ2n) is 4.20. The number of rotatable bonds is 2. The van der Waals surface area contributed by atoms with E-state index < -0.39 is 0 Å². The number of hydrogen-bond acceptors (Lipinski definition) is 3. The van der Waals surface area contributed by atoms with E-state index in [2.05, 4.69) is 11.4 Å². The first-order chi connectivity index (χ1) is 8.19. The summed E-state index contributed by atoms with van der Waals surface area (Å²) < 4.78 is 0. The van der Waals surface area contributed by atoms with Crippen molar-refractivity contribution in [3.63, 3.8) is 0 Å². The molecule has 1 N–H and O–H groups in total. The minimum absolute atomic E-state index is 0.0506. The summed E-state index contributed by atoms with van der Waals surface area (Å²) in [5, 5.41) is 12.2. The second kappa shape index (κ2) is 4.56. The lowest BCUT2D eigenvalue weighted by Crippen LogP contribution is -2.36. The van der Waals surface area contributed by atoms with Crippen LogP contribution in [0.4, 0.5) is 5.69 Å². The Morgan fingerprint density at radius 2 is 2.29 bits per heavy atom.